The summed E-state index contributed by atoms with van der Waals surface area (Å²) in [7, 11) is -3.95. The predicted octanol–water partition coefficient (Wildman–Crippen LogP) is 0.774. The van der Waals surface area contributed by atoms with Crippen molar-refractivity contribution in [1.29, 1.82) is 0 Å². The van der Waals surface area contributed by atoms with Crippen LogP contribution in [0.1, 0.15) is 12.8 Å². The number of sulfonamides is 1. The van der Waals surface area contributed by atoms with Gasteiger partial charge >= 0.3 is 5.97 Å². The van der Waals surface area contributed by atoms with E-state index in [1.165, 1.54) is 12.1 Å². The molecule has 110 valence electrons. The molecule has 1 fully saturated rings. The number of carboxylic acid groups (broad SMARTS) is 1. The lowest BCUT2D eigenvalue weighted by Gasteiger charge is -2.32. The van der Waals surface area contributed by atoms with Gasteiger partial charge < -0.3 is 10.0 Å². The summed E-state index contributed by atoms with van der Waals surface area (Å²) in [5.74, 6) is -2.17. The molecule has 0 radical (unpaired) electrons. The van der Waals surface area contributed by atoms with Crippen LogP contribution in [0.2, 0.25) is 0 Å². The molecule has 1 saturated heterocycles. The molecule has 1 heterocycles. The quantitative estimate of drug-likeness (QED) is 0.859. The van der Waals surface area contributed by atoms with Gasteiger partial charge in [0, 0.05) is 13.1 Å². The average Bonchev–Trinajstić information content (AvgIpc) is 2.37. The second-order valence-corrected chi connectivity index (χ2v) is 6.34. The number of halogens is 1. The highest BCUT2D eigenvalue weighted by Gasteiger charge is 2.27. The summed E-state index contributed by atoms with van der Waals surface area (Å²) in [5.41, 5.74) is 0.198. The number of anilines is 1. The number of nitrogens with two attached hydrogens (primary N) is 1. The van der Waals surface area contributed by atoms with Crippen LogP contribution < -0.4 is 10.0 Å². The molecule has 0 aromatic heterocycles. The van der Waals surface area contributed by atoms with Crippen molar-refractivity contribution in [3.63, 3.8) is 0 Å². The van der Waals surface area contributed by atoms with E-state index in [1.807, 2.05) is 0 Å². The van der Waals surface area contributed by atoms with Gasteiger partial charge in [0.25, 0.3) is 0 Å². The summed E-state index contributed by atoms with van der Waals surface area (Å²) >= 11 is 0. The Morgan fingerprint density at radius 3 is 2.70 bits per heavy atom. The fourth-order valence-corrected chi connectivity index (χ4v) is 2.84. The Balaban J connectivity index is 2.27. The Hall–Kier alpha value is -1.67. The zero-order chi connectivity index (χ0) is 14.9. The zero-order valence-electron chi connectivity index (χ0n) is 10.6. The highest BCUT2D eigenvalue weighted by molar-refractivity contribution is 7.89. The van der Waals surface area contributed by atoms with E-state index in [2.05, 4.69) is 0 Å². The molecule has 1 unspecified atom stereocenters. The first-order valence-electron chi connectivity index (χ1n) is 6.09. The minimum atomic E-state index is -3.95. The molecule has 1 atom stereocenters. The summed E-state index contributed by atoms with van der Waals surface area (Å²) < 4.78 is 36.3. The molecule has 2 rings (SSSR count). The molecule has 0 saturated carbocycles. The standard InChI is InChI=1S/C12H15FN2O4S/c13-10-6-9(20(14,18)19)3-4-11(10)15-5-1-2-8(7-15)12(16)17/h3-4,6,8H,1-2,5,7H2,(H,16,17)(H2,14,18,19). The van der Waals surface area contributed by atoms with Crippen molar-refractivity contribution in [2.24, 2.45) is 11.1 Å². The van der Waals surface area contributed by atoms with Crippen molar-refractivity contribution in [3.05, 3.63) is 24.0 Å². The van der Waals surface area contributed by atoms with Gasteiger partial charge in [-0.3, -0.25) is 4.79 Å². The third-order valence-corrected chi connectivity index (χ3v) is 4.27. The molecular formula is C12H15FN2O4S. The van der Waals surface area contributed by atoms with Gasteiger partial charge in [0.15, 0.2) is 0 Å². The van der Waals surface area contributed by atoms with E-state index < -0.39 is 27.7 Å². The molecular weight excluding hydrogens is 287 g/mol. The third-order valence-electron chi connectivity index (χ3n) is 3.36. The van der Waals surface area contributed by atoms with Crippen molar-refractivity contribution in [2.75, 3.05) is 18.0 Å². The van der Waals surface area contributed by atoms with E-state index in [9.17, 15) is 17.6 Å². The van der Waals surface area contributed by atoms with Crippen molar-refractivity contribution in [1.82, 2.24) is 0 Å². The lowest BCUT2D eigenvalue weighted by molar-refractivity contribution is -0.141. The Morgan fingerprint density at radius 2 is 2.15 bits per heavy atom. The molecule has 3 N–H and O–H groups in total. The third kappa shape index (κ3) is 3.07. The number of hydrogen-bond donors (Lipinski definition) is 2. The highest BCUT2D eigenvalue weighted by Crippen LogP contribution is 2.27. The predicted molar refractivity (Wildman–Crippen MR) is 70.3 cm³/mol. The van der Waals surface area contributed by atoms with Crippen molar-refractivity contribution < 1.29 is 22.7 Å². The van der Waals surface area contributed by atoms with Crippen LogP contribution in [0.25, 0.3) is 0 Å². The van der Waals surface area contributed by atoms with Crippen LogP contribution in [0.5, 0.6) is 0 Å². The minimum Gasteiger partial charge on any atom is -0.481 e. The maximum absolute atomic E-state index is 14.0. The fourth-order valence-electron chi connectivity index (χ4n) is 2.32. The Kier molecular flexibility index (Phi) is 3.96. The Bertz CT molecular complexity index is 632. The SMILES string of the molecule is NS(=O)(=O)c1ccc(N2CCCC(C(=O)O)C2)c(F)c1. The van der Waals surface area contributed by atoms with Crippen molar-refractivity contribution in [2.45, 2.75) is 17.7 Å². The summed E-state index contributed by atoms with van der Waals surface area (Å²) in [6, 6.07) is 3.40. The molecule has 0 amide bonds. The number of hydrogen-bond acceptors (Lipinski definition) is 4. The van der Waals surface area contributed by atoms with E-state index in [0.717, 1.165) is 6.07 Å². The van der Waals surface area contributed by atoms with E-state index in [0.29, 0.717) is 19.4 Å². The lowest BCUT2D eigenvalue weighted by Crippen LogP contribution is -2.39. The molecule has 0 bridgehead atoms. The number of aliphatic carboxylic acids is 1. The number of rotatable bonds is 3. The van der Waals surface area contributed by atoms with E-state index >= 15 is 0 Å². The van der Waals surface area contributed by atoms with Gasteiger partial charge in [-0.1, -0.05) is 0 Å². The summed E-state index contributed by atoms with van der Waals surface area (Å²) in [5, 5.41) is 13.9. The van der Waals surface area contributed by atoms with E-state index in [1.54, 1.807) is 4.90 Å². The molecule has 20 heavy (non-hydrogen) atoms. The fraction of sp³-hybridized carbons (Fsp3) is 0.417. The molecule has 6 nitrogen and oxygen atoms in total. The van der Waals surface area contributed by atoms with Crippen molar-refractivity contribution >= 4 is 21.7 Å². The van der Waals surface area contributed by atoms with E-state index in [-0.39, 0.29) is 17.1 Å². The summed E-state index contributed by atoms with van der Waals surface area (Å²) in [6.07, 6.45) is 1.20. The van der Waals surface area contributed by atoms with Crippen LogP contribution in [0, 0.1) is 11.7 Å². The minimum absolute atomic E-state index is 0.198. The normalized spacial score (nSPS) is 19.9. The number of carbonyl (C=O) groups is 1. The van der Waals surface area contributed by atoms with Crippen LogP contribution in [0.15, 0.2) is 23.1 Å². The largest absolute Gasteiger partial charge is 0.481 e. The molecule has 0 spiro atoms. The maximum atomic E-state index is 14.0. The lowest BCUT2D eigenvalue weighted by atomic mass is 9.98. The zero-order valence-corrected chi connectivity index (χ0v) is 11.4. The topological polar surface area (TPSA) is 101 Å². The number of carboxylic acids is 1. The molecule has 1 aliphatic heterocycles. The highest BCUT2D eigenvalue weighted by atomic mass is 32.2. The smallest absolute Gasteiger partial charge is 0.308 e. The monoisotopic (exact) mass is 302 g/mol. The van der Waals surface area contributed by atoms with Crippen molar-refractivity contribution in [3.8, 4) is 0 Å². The summed E-state index contributed by atoms with van der Waals surface area (Å²) in [4.78, 5) is 12.3. The molecule has 1 aromatic rings. The Morgan fingerprint density at radius 1 is 1.45 bits per heavy atom. The van der Waals surface area contributed by atoms with Gasteiger partial charge in [-0.05, 0) is 31.0 Å². The average molecular weight is 302 g/mol. The molecule has 0 aliphatic carbocycles. The van der Waals surface area contributed by atoms with Crippen LogP contribution in [0.3, 0.4) is 0 Å². The van der Waals surface area contributed by atoms with Gasteiger partial charge in [-0.15, -0.1) is 0 Å². The van der Waals surface area contributed by atoms with Gasteiger partial charge in [-0.2, -0.15) is 0 Å². The number of nitrogens with zero attached hydrogens (tertiary/aromatic N) is 1. The second kappa shape index (κ2) is 5.37. The first-order valence-corrected chi connectivity index (χ1v) is 7.64. The second-order valence-electron chi connectivity index (χ2n) is 4.78. The first kappa shape index (κ1) is 14.7. The maximum Gasteiger partial charge on any atom is 0.308 e. The number of primary sulfonamides is 1. The summed E-state index contributed by atoms with van der Waals surface area (Å²) in [6.45, 7) is 0.746. The van der Waals surface area contributed by atoms with Crippen LogP contribution in [-0.4, -0.2) is 32.6 Å². The first-order chi connectivity index (χ1) is 9.29. The van der Waals surface area contributed by atoms with E-state index in [4.69, 9.17) is 10.2 Å². The van der Waals surface area contributed by atoms with Crippen LogP contribution in [-0.2, 0) is 14.8 Å². The molecule has 1 aliphatic rings. The van der Waals surface area contributed by atoms with Gasteiger partial charge in [0.2, 0.25) is 10.0 Å². The number of piperidine rings is 1. The Labute approximate surface area is 116 Å². The van der Waals surface area contributed by atoms with Gasteiger partial charge in [-0.25, -0.2) is 17.9 Å². The van der Waals surface area contributed by atoms with Crippen LogP contribution in [0.4, 0.5) is 10.1 Å². The van der Waals surface area contributed by atoms with Crippen LogP contribution >= 0.6 is 0 Å². The van der Waals surface area contributed by atoms with Gasteiger partial charge in [0.1, 0.15) is 5.82 Å². The molecule has 1 aromatic carbocycles. The molecule has 8 heteroatoms. The number of benzene rings is 1. The van der Waals surface area contributed by atoms with Gasteiger partial charge in [0.05, 0.1) is 16.5 Å².